The third-order valence-electron chi connectivity index (χ3n) is 4.32. The molecule has 0 spiro atoms. The van der Waals surface area contributed by atoms with Crippen molar-refractivity contribution in [3.8, 4) is 0 Å². The summed E-state index contributed by atoms with van der Waals surface area (Å²) in [6.07, 6.45) is 2.26. The Kier molecular flexibility index (Phi) is 12.1. The number of hydrogen-bond acceptors (Lipinski definition) is 3. The van der Waals surface area contributed by atoms with Crippen LogP contribution in [0.15, 0.2) is 29.3 Å². The van der Waals surface area contributed by atoms with Crippen LogP contribution in [0.25, 0.3) is 0 Å². The van der Waals surface area contributed by atoms with Crippen molar-refractivity contribution < 1.29 is 9.53 Å². The molecular formula is C20H33IN4O2. The van der Waals surface area contributed by atoms with E-state index in [1.54, 1.807) is 0 Å². The number of fused-ring (bicyclic) bond motifs is 1. The Balaban J connectivity index is 0.00000364. The van der Waals surface area contributed by atoms with Crippen molar-refractivity contribution in [2.24, 2.45) is 4.99 Å². The first-order valence-electron chi connectivity index (χ1n) is 9.69. The summed E-state index contributed by atoms with van der Waals surface area (Å²) in [6.45, 7) is 9.34. The molecule has 1 heterocycles. The van der Waals surface area contributed by atoms with E-state index in [1.165, 1.54) is 11.1 Å². The maximum absolute atomic E-state index is 12.4. The van der Waals surface area contributed by atoms with E-state index in [4.69, 9.17) is 4.74 Å². The lowest BCUT2D eigenvalue weighted by atomic mass is 10.1. The van der Waals surface area contributed by atoms with Crippen LogP contribution in [0.1, 0.15) is 44.2 Å². The molecule has 2 N–H and O–H groups in total. The molecule has 1 aliphatic rings. The summed E-state index contributed by atoms with van der Waals surface area (Å²) in [5.74, 6) is 1.02. The fourth-order valence-electron chi connectivity index (χ4n) is 2.96. The van der Waals surface area contributed by atoms with Gasteiger partial charge in [0.1, 0.15) is 0 Å². The number of nitrogens with one attached hydrogen (secondary N) is 2. The lowest BCUT2D eigenvalue weighted by Crippen LogP contribution is -2.38. The highest BCUT2D eigenvalue weighted by Crippen LogP contribution is 2.22. The molecule has 27 heavy (non-hydrogen) atoms. The third-order valence-corrected chi connectivity index (χ3v) is 4.32. The minimum atomic E-state index is 0. The molecule has 0 atom stereocenters. The van der Waals surface area contributed by atoms with E-state index in [0.717, 1.165) is 58.2 Å². The molecule has 0 aliphatic carbocycles. The molecule has 152 valence electrons. The van der Waals surface area contributed by atoms with Crippen LogP contribution in [0.2, 0.25) is 0 Å². The molecule has 0 bridgehead atoms. The van der Waals surface area contributed by atoms with Crippen molar-refractivity contribution in [1.82, 2.24) is 15.5 Å². The van der Waals surface area contributed by atoms with E-state index in [2.05, 4.69) is 27.8 Å². The summed E-state index contributed by atoms with van der Waals surface area (Å²) >= 11 is 0. The normalized spacial score (nSPS) is 13.1. The number of benzene rings is 1. The average molecular weight is 488 g/mol. The number of hydrogen-bond donors (Lipinski definition) is 2. The van der Waals surface area contributed by atoms with Crippen molar-refractivity contribution >= 4 is 35.8 Å². The molecule has 1 aromatic rings. The van der Waals surface area contributed by atoms with Gasteiger partial charge in [0.15, 0.2) is 5.96 Å². The molecule has 7 heteroatoms. The molecule has 0 aromatic heterocycles. The molecule has 0 saturated carbocycles. The fraction of sp³-hybridized carbons (Fsp3) is 0.600. The minimum Gasteiger partial charge on any atom is -0.382 e. The highest BCUT2D eigenvalue weighted by atomic mass is 127. The molecule has 1 amide bonds. The molecule has 0 fully saturated rings. The van der Waals surface area contributed by atoms with E-state index >= 15 is 0 Å². The number of carbonyl (C=O) groups is 1. The van der Waals surface area contributed by atoms with Crippen LogP contribution in [0.4, 0.5) is 0 Å². The van der Waals surface area contributed by atoms with Crippen LogP contribution < -0.4 is 10.6 Å². The van der Waals surface area contributed by atoms with Gasteiger partial charge in [-0.1, -0.05) is 24.3 Å². The summed E-state index contributed by atoms with van der Waals surface area (Å²) in [4.78, 5) is 18.9. The van der Waals surface area contributed by atoms with Crippen molar-refractivity contribution in [2.45, 2.75) is 46.2 Å². The lowest BCUT2D eigenvalue weighted by Gasteiger charge is -2.15. The summed E-state index contributed by atoms with van der Waals surface area (Å²) in [7, 11) is 0. The zero-order chi connectivity index (χ0) is 18.6. The van der Waals surface area contributed by atoms with Gasteiger partial charge in [-0.15, -0.1) is 24.0 Å². The van der Waals surface area contributed by atoms with Gasteiger partial charge in [-0.3, -0.25) is 9.79 Å². The monoisotopic (exact) mass is 488 g/mol. The summed E-state index contributed by atoms with van der Waals surface area (Å²) < 4.78 is 5.33. The first kappa shape index (κ1) is 23.7. The van der Waals surface area contributed by atoms with Gasteiger partial charge in [-0.05, 0) is 37.8 Å². The van der Waals surface area contributed by atoms with E-state index in [0.29, 0.717) is 13.0 Å². The number of ether oxygens (including phenoxy) is 1. The van der Waals surface area contributed by atoms with Gasteiger partial charge in [0.05, 0.1) is 0 Å². The quantitative estimate of drug-likeness (QED) is 0.230. The topological polar surface area (TPSA) is 66.0 Å². The number of nitrogens with zero attached hydrogens (tertiary/aromatic N) is 2. The Bertz CT molecular complexity index is 570. The van der Waals surface area contributed by atoms with E-state index < -0.39 is 0 Å². The van der Waals surface area contributed by atoms with Crippen LogP contribution in [0.3, 0.4) is 0 Å². The molecule has 1 aromatic carbocycles. The van der Waals surface area contributed by atoms with Crippen LogP contribution >= 0.6 is 24.0 Å². The average Bonchev–Trinajstić information content (AvgIpc) is 3.09. The second-order valence-corrected chi connectivity index (χ2v) is 6.36. The number of halogens is 1. The third kappa shape index (κ3) is 8.47. The van der Waals surface area contributed by atoms with Gasteiger partial charge in [0.25, 0.3) is 0 Å². The lowest BCUT2D eigenvalue weighted by molar-refractivity contribution is -0.131. The Morgan fingerprint density at radius 1 is 1.15 bits per heavy atom. The van der Waals surface area contributed by atoms with Crippen LogP contribution in [-0.4, -0.2) is 49.6 Å². The smallest absolute Gasteiger partial charge is 0.223 e. The van der Waals surface area contributed by atoms with E-state index in [-0.39, 0.29) is 29.9 Å². The van der Waals surface area contributed by atoms with E-state index in [9.17, 15) is 4.79 Å². The molecule has 6 nitrogen and oxygen atoms in total. The van der Waals surface area contributed by atoms with Gasteiger partial charge in [-0.25, -0.2) is 0 Å². The molecule has 2 rings (SSSR count). The number of rotatable bonds is 10. The molecule has 0 saturated heterocycles. The first-order chi connectivity index (χ1) is 12.7. The Morgan fingerprint density at radius 3 is 2.48 bits per heavy atom. The van der Waals surface area contributed by atoms with Crippen LogP contribution in [-0.2, 0) is 22.6 Å². The molecular weight excluding hydrogens is 455 g/mol. The largest absolute Gasteiger partial charge is 0.382 e. The van der Waals surface area contributed by atoms with Gasteiger partial charge >= 0.3 is 0 Å². The zero-order valence-electron chi connectivity index (χ0n) is 16.5. The highest BCUT2D eigenvalue weighted by molar-refractivity contribution is 14.0. The molecule has 0 radical (unpaired) electrons. The second-order valence-electron chi connectivity index (χ2n) is 6.36. The molecule has 1 aliphatic heterocycles. The van der Waals surface area contributed by atoms with Crippen molar-refractivity contribution in [2.75, 3.05) is 32.8 Å². The molecule has 0 unspecified atom stereocenters. The first-order valence-corrected chi connectivity index (χ1v) is 9.69. The Morgan fingerprint density at radius 2 is 1.85 bits per heavy atom. The van der Waals surface area contributed by atoms with Gasteiger partial charge in [-0.2, -0.15) is 0 Å². The standard InChI is InChI=1S/C20H32N4O2.HI/c1-3-21-20(23-13-8-14-26-4-2)22-12-7-11-19(25)24-15-17-9-5-6-10-18(17)16-24;/h5-6,9-10H,3-4,7-8,11-16H2,1-2H3,(H2,21,22,23);1H. The second kappa shape index (κ2) is 13.8. The summed E-state index contributed by atoms with van der Waals surface area (Å²) in [6, 6.07) is 8.27. The highest BCUT2D eigenvalue weighted by Gasteiger charge is 2.22. The minimum absolute atomic E-state index is 0. The maximum atomic E-state index is 12.4. The van der Waals surface area contributed by atoms with E-state index in [1.807, 2.05) is 30.9 Å². The van der Waals surface area contributed by atoms with Crippen LogP contribution in [0.5, 0.6) is 0 Å². The SMILES string of the molecule is CCNC(=NCCCC(=O)N1Cc2ccccc2C1)NCCCOCC.I. The van der Waals surface area contributed by atoms with Crippen molar-refractivity contribution in [1.29, 1.82) is 0 Å². The van der Waals surface area contributed by atoms with Gasteiger partial charge < -0.3 is 20.3 Å². The Hall–Kier alpha value is -1.35. The predicted molar refractivity (Wildman–Crippen MR) is 120 cm³/mol. The maximum Gasteiger partial charge on any atom is 0.223 e. The van der Waals surface area contributed by atoms with Crippen LogP contribution in [0, 0.1) is 0 Å². The van der Waals surface area contributed by atoms with Gasteiger partial charge in [0, 0.05) is 52.4 Å². The van der Waals surface area contributed by atoms with Crippen molar-refractivity contribution in [3.63, 3.8) is 0 Å². The number of aliphatic imine (C=N–C) groups is 1. The Labute approximate surface area is 180 Å². The number of carbonyl (C=O) groups excluding carboxylic acids is 1. The zero-order valence-corrected chi connectivity index (χ0v) is 18.8. The van der Waals surface area contributed by atoms with Gasteiger partial charge in [0.2, 0.25) is 5.91 Å². The predicted octanol–water partition coefficient (Wildman–Crippen LogP) is 2.91. The van der Waals surface area contributed by atoms with Crippen molar-refractivity contribution in [3.05, 3.63) is 35.4 Å². The number of guanidine groups is 1. The summed E-state index contributed by atoms with van der Waals surface area (Å²) in [5, 5.41) is 6.53. The number of amides is 1. The fourth-order valence-corrected chi connectivity index (χ4v) is 2.96. The summed E-state index contributed by atoms with van der Waals surface area (Å²) in [5.41, 5.74) is 2.54.